The number of nitrogens with one attached hydrogen (secondary N) is 2. The molecular formula is C25H25F4N7O. The van der Waals surface area contributed by atoms with Crippen LogP contribution in [0.25, 0.3) is 16.7 Å². The van der Waals surface area contributed by atoms with Gasteiger partial charge in [-0.1, -0.05) is 19.9 Å². The molecule has 194 valence electrons. The van der Waals surface area contributed by atoms with Crippen LogP contribution in [0.4, 0.5) is 29.2 Å². The molecular weight excluding hydrogens is 490 g/mol. The lowest BCUT2D eigenvalue weighted by atomic mass is 9.90. The highest BCUT2D eigenvalue weighted by Gasteiger charge is 2.32. The first-order valence-electron chi connectivity index (χ1n) is 11.7. The average Bonchev–Trinajstić information content (AvgIpc) is 3.13. The van der Waals surface area contributed by atoms with Crippen molar-refractivity contribution in [1.29, 1.82) is 0 Å². The van der Waals surface area contributed by atoms with E-state index in [0.29, 0.717) is 16.1 Å². The molecule has 5 rings (SSSR count). The summed E-state index contributed by atoms with van der Waals surface area (Å²) in [7, 11) is 0. The highest BCUT2D eigenvalue weighted by molar-refractivity contribution is 5.77. The third kappa shape index (κ3) is 4.93. The molecule has 1 aliphatic heterocycles. The summed E-state index contributed by atoms with van der Waals surface area (Å²) >= 11 is 0. The smallest absolute Gasteiger partial charge is 0.324 e. The Labute approximate surface area is 209 Å². The quantitative estimate of drug-likeness (QED) is 0.375. The van der Waals surface area contributed by atoms with Gasteiger partial charge in [0.15, 0.2) is 5.65 Å². The van der Waals surface area contributed by atoms with E-state index in [1.165, 1.54) is 30.1 Å². The predicted octanol–water partition coefficient (Wildman–Crippen LogP) is 4.18. The maximum atomic E-state index is 13.6. The molecule has 1 aliphatic rings. The van der Waals surface area contributed by atoms with E-state index in [1.54, 1.807) is 13.8 Å². The van der Waals surface area contributed by atoms with Crippen LogP contribution in [-0.4, -0.2) is 43.7 Å². The first-order chi connectivity index (χ1) is 17.6. The number of hydrogen-bond acceptors (Lipinski definition) is 6. The van der Waals surface area contributed by atoms with Crippen molar-refractivity contribution < 1.29 is 17.6 Å². The van der Waals surface area contributed by atoms with E-state index in [4.69, 9.17) is 0 Å². The molecule has 4 aromatic rings. The van der Waals surface area contributed by atoms with Gasteiger partial charge in [0.25, 0.3) is 5.56 Å². The van der Waals surface area contributed by atoms with Crippen molar-refractivity contribution in [3.63, 3.8) is 0 Å². The Morgan fingerprint density at radius 2 is 1.92 bits per heavy atom. The third-order valence-corrected chi connectivity index (χ3v) is 6.37. The summed E-state index contributed by atoms with van der Waals surface area (Å²) in [5.41, 5.74) is 1.73. The Bertz CT molecular complexity index is 1520. The molecule has 0 aliphatic carbocycles. The predicted molar refractivity (Wildman–Crippen MR) is 131 cm³/mol. The van der Waals surface area contributed by atoms with Gasteiger partial charge < -0.3 is 10.6 Å². The zero-order chi connectivity index (χ0) is 26.4. The molecule has 0 spiro atoms. The fourth-order valence-electron chi connectivity index (χ4n) is 4.34. The minimum atomic E-state index is -4.67. The Balaban J connectivity index is 1.64. The first-order valence-corrected chi connectivity index (χ1v) is 11.7. The number of rotatable bonds is 6. The number of aromatic nitrogens is 5. The van der Waals surface area contributed by atoms with Crippen LogP contribution in [0.15, 0.2) is 47.5 Å². The second-order valence-electron chi connectivity index (χ2n) is 9.67. The molecule has 1 aromatic carbocycles. The topological polar surface area (TPSA) is 89.7 Å². The van der Waals surface area contributed by atoms with Crippen LogP contribution < -0.4 is 16.2 Å². The average molecular weight is 516 g/mol. The van der Waals surface area contributed by atoms with Gasteiger partial charge in [-0.2, -0.15) is 18.2 Å². The van der Waals surface area contributed by atoms with Gasteiger partial charge in [-0.25, -0.2) is 14.3 Å². The largest absolute Gasteiger partial charge is 0.408 e. The number of nitrogens with zero attached hydrogens (tertiary/aromatic N) is 5. The number of fused-ring (bicyclic) bond motifs is 2. The standard InChI is InChI=1S/C25H25F4N7O/c1-24(2,13-26)20-10-18(6-8-31-20)36-21-19(22(37)35(36)14-25(27,28)29)12-32-23(34-21)33-17-4-3-15-5-7-30-11-16(15)9-17/h3-4,6,8-10,12,30H,5,7,11,13-14H2,1-2H3,(H,32,33,34). The van der Waals surface area contributed by atoms with E-state index < -0.39 is 30.4 Å². The van der Waals surface area contributed by atoms with Crippen molar-refractivity contribution in [2.75, 3.05) is 18.5 Å². The summed E-state index contributed by atoms with van der Waals surface area (Å²) in [5, 5.41) is 6.32. The Hall–Kier alpha value is -3.80. The van der Waals surface area contributed by atoms with Crippen LogP contribution in [0.3, 0.4) is 0 Å². The molecule has 8 nitrogen and oxygen atoms in total. The van der Waals surface area contributed by atoms with Gasteiger partial charge >= 0.3 is 6.18 Å². The van der Waals surface area contributed by atoms with Gasteiger partial charge in [0.1, 0.15) is 18.6 Å². The van der Waals surface area contributed by atoms with Gasteiger partial charge in [-0.05, 0) is 48.4 Å². The van der Waals surface area contributed by atoms with Gasteiger partial charge in [0.05, 0.1) is 11.4 Å². The van der Waals surface area contributed by atoms with Gasteiger partial charge in [-0.3, -0.25) is 14.2 Å². The lowest BCUT2D eigenvalue weighted by Crippen LogP contribution is -2.30. The van der Waals surface area contributed by atoms with Crippen molar-refractivity contribution in [3.05, 3.63) is 69.9 Å². The molecule has 0 amide bonds. The van der Waals surface area contributed by atoms with Crippen LogP contribution >= 0.6 is 0 Å². The van der Waals surface area contributed by atoms with Crippen molar-refractivity contribution in [1.82, 2.24) is 29.6 Å². The van der Waals surface area contributed by atoms with Crippen LogP contribution in [0.2, 0.25) is 0 Å². The van der Waals surface area contributed by atoms with Gasteiger partial charge in [-0.15, -0.1) is 0 Å². The van der Waals surface area contributed by atoms with Crippen molar-refractivity contribution in [3.8, 4) is 5.69 Å². The third-order valence-electron chi connectivity index (χ3n) is 6.37. The summed E-state index contributed by atoms with van der Waals surface area (Å²) in [5.74, 6) is 0.118. The van der Waals surface area contributed by atoms with E-state index in [0.717, 1.165) is 29.8 Å². The molecule has 2 N–H and O–H groups in total. The molecule has 0 fully saturated rings. The molecule has 12 heteroatoms. The molecule has 0 atom stereocenters. The zero-order valence-electron chi connectivity index (χ0n) is 20.2. The number of alkyl halides is 4. The van der Waals surface area contributed by atoms with E-state index >= 15 is 0 Å². The monoisotopic (exact) mass is 515 g/mol. The molecule has 4 heterocycles. The van der Waals surface area contributed by atoms with Crippen LogP contribution in [0, 0.1) is 0 Å². The molecule has 0 saturated heterocycles. The van der Waals surface area contributed by atoms with Crippen molar-refractivity contribution in [2.45, 2.75) is 44.9 Å². The summed E-state index contributed by atoms with van der Waals surface area (Å²) in [6, 6.07) is 8.78. The minimum absolute atomic E-state index is 0.0124. The van der Waals surface area contributed by atoms with Crippen LogP contribution in [0.5, 0.6) is 0 Å². The second-order valence-corrected chi connectivity index (χ2v) is 9.67. The van der Waals surface area contributed by atoms with E-state index in [2.05, 4.69) is 25.6 Å². The summed E-state index contributed by atoms with van der Waals surface area (Å²) < 4.78 is 55.7. The lowest BCUT2D eigenvalue weighted by Gasteiger charge is -2.21. The molecule has 37 heavy (non-hydrogen) atoms. The Morgan fingerprint density at radius 3 is 2.68 bits per heavy atom. The minimum Gasteiger partial charge on any atom is -0.324 e. The molecule has 3 aromatic heterocycles. The number of hydrogen-bond donors (Lipinski definition) is 2. The summed E-state index contributed by atoms with van der Waals surface area (Å²) in [6.07, 6.45) is -1.17. The van der Waals surface area contributed by atoms with Gasteiger partial charge in [0, 0.05) is 30.0 Å². The Kier molecular flexibility index (Phi) is 6.22. The summed E-state index contributed by atoms with van der Waals surface area (Å²) in [6.45, 7) is 2.64. The summed E-state index contributed by atoms with van der Waals surface area (Å²) in [4.78, 5) is 25.8. The fourth-order valence-corrected chi connectivity index (χ4v) is 4.34. The normalized spacial score (nSPS) is 14.1. The maximum Gasteiger partial charge on any atom is 0.408 e. The van der Waals surface area contributed by atoms with E-state index in [1.807, 2.05) is 18.2 Å². The van der Waals surface area contributed by atoms with Crippen molar-refractivity contribution in [2.24, 2.45) is 0 Å². The van der Waals surface area contributed by atoms with Crippen molar-refractivity contribution >= 4 is 22.7 Å². The maximum absolute atomic E-state index is 13.6. The van der Waals surface area contributed by atoms with Crippen LogP contribution in [-0.2, 0) is 24.9 Å². The first kappa shape index (κ1) is 24.9. The zero-order valence-corrected chi connectivity index (χ0v) is 20.2. The SMILES string of the molecule is CC(C)(CF)c1cc(-n2c3nc(Nc4ccc5c(c4)CNCC5)ncc3c(=O)n2CC(F)(F)F)ccn1. The van der Waals surface area contributed by atoms with Crippen LogP contribution in [0.1, 0.15) is 30.7 Å². The number of pyridine rings is 1. The second kappa shape index (κ2) is 9.25. The van der Waals surface area contributed by atoms with Gasteiger partial charge in [0.2, 0.25) is 5.95 Å². The number of halogens is 4. The Morgan fingerprint density at radius 1 is 1.11 bits per heavy atom. The highest BCUT2D eigenvalue weighted by atomic mass is 19.4. The van der Waals surface area contributed by atoms with E-state index in [-0.39, 0.29) is 22.7 Å². The molecule has 0 saturated carbocycles. The highest BCUT2D eigenvalue weighted by Crippen LogP contribution is 2.27. The molecule has 0 unspecified atom stereocenters. The number of benzene rings is 1. The molecule has 0 bridgehead atoms. The van der Waals surface area contributed by atoms with E-state index in [9.17, 15) is 22.4 Å². The lowest BCUT2D eigenvalue weighted by molar-refractivity contribution is -0.144. The molecule has 0 radical (unpaired) electrons. The fraction of sp³-hybridized carbons (Fsp3) is 0.360. The number of anilines is 2.